The molecule has 2 unspecified atom stereocenters. The van der Waals surface area contributed by atoms with Crippen molar-refractivity contribution in [3.05, 3.63) is 240 Å². The van der Waals surface area contributed by atoms with Crippen LogP contribution in [0.5, 0.6) is 11.5 Å². The van der Waals surface area contributed by atoms with E-state index in [9.17, 15) is 10.2 Å². The van der Waals surface area contributed by atoms with E-state index >= 15 is 0 Å². The number of methoxy groups -OCH3 is 2. The van der Waals surface area contributed by atoms with Crippen molar-refractivity contribution in [2.45, 2.75) is 130 Å². The predicted octanol–water partition coefficient (Wildman–Crippen LogP) is 19.8. The van der Waals surface area contributed by atoms with Crippen LogP contribution in [-0.2, 0) is 70.2 Å². The molecule has 5 heteroatoms. The molecule has 416 valence electrons. The molecule has 4 nitrogen and oxygen atoms in total. The van der Waals surface area contributed by atoms with Gasteiger partial charge in [-0.15, -0.1) is 24.3 Å². The summed E-state index contributed by atoms with van der Waals surface area (Å²) in [4.78, 5) is 0. The van der Waals surface area contributed by atoms with E-state index < -0.39 is 12.2 Å². The summed E-state index contributed by atoms with van der Waals surface area (Å²) in [5.74, 6) is 0.474. The molecule has 0 heterocycles. The smallest absolute Gasteiger partial charge is 0.507 e. The van der Waals surface area contributed by atoms with Crippen LogP contribution < -0.4 is 0 Å². The van der Waals surface area contributed by atoms with Gasteiger partial charge in [0, 0.05) is 49.3 Å². The SMILES string of the molecule is COC(Cc1cccc(-c2c3ccc(C(C)(C)C)cc3cc3ccc(C(C)(C)C)cc23)c1O)C(Cc1cccc(-c2c3ccc(C(C)(C)C)cc3cc3ccc(C(C)(C)C)cc23)c1O)OC.[CH2-]c1ccccc1.[CH2-]c1ccccc1.[Zr+2]. The summed E-state index contributed by atoms with van der Waals surface area (Å²) in [6.07, 6.45) is -0.0691. The third-order valence-corrected chi connectivity index (χ3v) is 15.7. The van der Waals surface area contributed by atoms with Gasteiger partial charge in [0.15, 0.2) is 0 Å². The maximum absolute atomic E-state index is 12.4. The molecule has 0 bridgehead atoms. The largest absolute Gasteiger partial charge is 2.00 e. The van der Waals surface area contributed by atoms with Gasteiger partial charge in [0.25, 0.3) is 0 Å². The Morgan fingerprint density at radius 1 is 0.358 bits per heavy atom. The van der Waals surface area contributed by atoms with E-state index in [1.54, 1.807) is 14.2 Å². The molecular weight excluding hydrogens is 1070 g/mol. The molecule has 81 heavy (non-hydrogen) atoms. The number of fused-ring (bicyclic) bond motifs is 4. The zero-order valence-corrected chi connectivity index (χ0v) is 53.0. The third-order valence-electron chi connectivity index (χ3n) is 15.7. The maximum Gasteiger partial charge on any atom is 2.00 e. The van der Waals surface area contributed by atoms with Crippen LogP contribution >= 0.6 is 0 Å². The van der Waals surface area contributed by atoms with Crippen molar-refractivity contribution in [1.82, 2.24) is 0 Å². The fourth-order valence-electron chi connectivity index (χ4n) is 10.7. The Balaban J connectivity index is 0.000000550. The number of hydrogen-bond acceptors (Lipinski definition) is 4. The first-order chi connectivity index (χ1) is 37.8. The number of para-hydroxylation sites is 2. The molecule has 2 N–H and O–H groups in total. The molecule has 0 amide bonds. The van der Waals surface area contributed by atoms with Crippen LogP contribution in [0.1, 0.15) is 128 Å². The van der Waals surface area contributed by atoms with Crippen molar-refractivity contribution in [2.24, 2.45) is 0 Å². The summed E-state index contributed by atoms with van der Waals surface area (Å²) < 4.78 is 12.5. The number of phenols is 2. The van der Waals surface area contributed by atoms with Gasteiger partial charge in [-0.05, 0) is 122 Å². The quantitative estimate of drug-likeness (QED) is 0.112. The Labute approximate surface area is 503 Å². The second-order valence-electron chi connectivity index (χ2n) is 25.8. The Bertz CT molecular complexity index is 3520. The van der Waals surface area contributed by atoms with Gasteiger partial charge < -0.3 is 19.7 Å². The van der Waals surface area contributed by atoms with Crippen molar-refractivity contribution in [3.8, 4) is 33.8 Å². The molecule has 0 aliphatic heterocycles. The Morgan fingerprint density at radius 3 is 0.975 bits per heavy atom. The van der Waals surface area contributed by atoms with Gasteiger partial charge in [0.1, 0.15) is 11.5 Å². The topological polar surface area (TPSA) is 58.9 Å². The van der Waals surface area contributed by atoms with Crippen molar-refractivity contribution in [3.63, 3.8) is 0 Å². The van der Waals surface area contributed by atoms with Gasteiger partial charge in [-0.1, -0.05) is 192 Å². The minimum atomic E-state index is -0.436. The first kappa shape index (κ1) is 62.0. The zero-order chi connectivity index (χ0) is 57.9. The van der Waals surface area contributed by atoms with Crippen LogP contribution in [0.2, 0.25) is 0 Å². The second-order valence-corrected chi connectivity index (χ2v) is 25.8. The van der Waals surface area contributed by atoms with Gasteiger partial charge >= 0.3 is 26.2 Å². The predicted molar refractivity (Wildman–Crippen MR) is 343 cm³/mol. The van der Waals surface area contributed by atoms with Crippen molar-refractivity contribution < 1.29 is 45.9 Å². The molecule has 0 spiro atoms. The molecule has 2 atom stereocenters. The summed E-state index contributed by atoms with van der Waals surface area (Å²) in [6.45, 7) is 34.4. The molecule has 0 saturated carbocycles. The summed E-state index contributed by atoms with van der Waals surface area (Å²) in [5.41, 5.74) is 12.2. The fourth-order valence-corrected chi connectivity index (χ4v) is 10.7. The third kappa shape index (κ3) is 14.4. The Hall–Kier alpha value is -6.62. The number of aromatic hydroxyl groups is 2. The van der Waals surface area contributed by atoms with Crippen LogP contribution in [0.25, 0.3) is 65.3 Å². The van der Waals surface area contributed by atoms with E-state index in [1.165, 1.54) is 22.3 Å². The molecule has 10 rings (SSSR count). The van der Waals surface area contributed by atoms with Crippen molar-refractivity contribution in [1.29, 1.82) is 0 Å². The molecule has 0 aromatic heterocycles. The normalized spacial score (nSPS) is 12.8. The van der Waals surface area contributed by atoms with E-state index in [0.29, 0.717) is 12.8 Å². The van der Waals surface area contributed by atoms with Crippen LogP contribution in [0, 0.1) is 13.8 Å². The number of hydrogen-bond donors (Lipinski definition) is 2. The number of ether oxygens (including phenoxy) is 2. The molecule has 10 aromatic rings. The van der Waals surface area contributed by atoms with E-state index in [1.807, 2.05) is 97.1 Å². The summed E-state index contributed by atoms with van der Waals surface area (Å²) >= 11 is 0. The number of phenolic OH excluding ortho intramolecular Hbond substituents is 2. The maximum atomic E-state index is 12.4. The van der Waals surface area contributed by atoms with Crippen molar-refractivity contribution in [2.75, 3.05) is 14.2 Å². The van der Waals surface area contributed by atoms with E-state index in [2.05, 4.69) is 182 Å². The second kappa shape index (κ2) is 25.3. The molecule has 0 aliphatic rings. The number of benzene rings is 10. The average Bonchev–Trinajstić information content (AvgIpc) is 3.41. The van der Waals surface area contributed by atoms with Gasteiger partial charge in [-0.3, -0.25) is 0 Å². The molecule has 0 saturated heterocycles. The van der Waals surface area contributed by atoms with Crippen LogP contribution in [0.4, 0.5) is 0 Å². The van der Waals surface area contributed by atoms with E-state index in [0.717, 1.165) is 87.6 Å². The Kier molecular flexibility index (Phi) is 19.3. The molecule has 0 fully saturated rings. The van der Waals surface area contributed by atoms with E-state index in [-0.39, 0.29) is 59.4 Å². The van der Waals surface area contributed by atoms with Crippen LogP contribution in [0.15, 0.2) is 182 Å². The van der Waals surface area contributed by atoms with Crippen LogP contribution in [-0.4, -0.2) is 36.6 Å². The zero-order valence-electron chi connectivity index (χ0n) is 50.5. The van der Waals surface area contributed by atoms with Gasteiger partial charge in [-0.25, -0.2) is 0 Å². The summed E-state index contributed by atoms with van der Waals surface area (Å²) in [7, 11) is 3.40. The van der Waals surface area contributed by atoms with Crippen molar-refractivity contribution >= 4 is 43.1 Å². The minimum absolute atomic E-state index is 0. The monoisotopic (exact) mass is 1150 g/mol. The Morgan fingerprint density at radius 2 is 0.679 bits per heavy atom. The van der Waals surface area contributed by atoms with Crippen LogP contribution in [0.3, 0.4) is 0 Å². The van der Waals surface area contributed by atoms with E-state index in [4.69, 9.17) is 9.47 Å². The standard InChI is InChI=1S/C62H70O4.2C7H7.Zr/c1-59(2,3)43-25-27-47-41(31-43)29-37-21-23-45(61(7,8)9)35-51(37)55(47)49-19-15-17-39(57(49)63)33-53(65-13)54(66-14)34-40-18-16-20-50(58(40)64)56-48-28-26-44(60(4,5)6)32-42(48)30-38-22-24-46(36-52(38)56)62(10,11)12;2*1-7-5-3-2-4-6-7;/h15-32,35-36,53-54,63-64H,33-34H2,1-14H3;2*2-6H,1H2;/q;2*-1;+2. The first-order valence-electron chi connectivity index (χ1n) is 28.2. The molecular formula is C76H84O4Zr. The van der Waals surface area contributed by atoms with Gasteiger partial charge in [0.05, 0.1) is 12.2 Å². The number of rotatable bonds is 9. The van der Waals surface area contributed by atoms with Gasteiger partial charge in [0.2, 0.25) is 0 Å². The average molecular weight is 1150 g/mol. The first-order valence-corrected chi connectivity index (χ1v) is 28.2. The molecule has 0 aliphatic carbocycles. The van der Waals surface area contributed by atoms with Gasteiger partial charge in [-0.2, -0.15) is 49.2 Å². The molecule has 10 aromatic carbocycles. The fraction of sp³-hybridized carbons (Fsp3) is 0.289. The summed E-state index contributed by atoms with van der Waals surface area (Å²) in [6, 6.07) is 63.6. The minimum Gasteiger partial charge on any atom is -0.507 e. The molecule has 0 radical (unpaired) electrons. The summed E-state index contributed by atoms with van der Waals surface area (Å²) in [5, 5.41) is 33.9.